The van der Waals surface area contributed by atoms with Gasteiger partial charge >= 0.3 is 0 Å². The van der Waals surface area contributed by atoms with Crippen molar-refractivity contribution in [3.63, 3.8) is 0 Å². The van der Waals surface area contributed by atoms with Gasteiger partial charge in [-0.05, 0) is 30.0 Å². The van der Waals surface area contributed by atoms with Crippen molar-refractivity contribution in [2.24, 2.45) is 0 Å². The van der Waals surface area contributed by atoms with E-state index in [1.807, 2.05) is 37.3 Å². The zero-order valence-electron chi connectivity index (χ0n) is 7.82. The van der Waals surface area contributed by atoms with Gasteiger partial charge in [0.05, 0.1) is 0 Å². The molecule has 0 saturated carbocycles. The Morgan fingerprint density at radius 1 is 1.21 bits per heavy atom. The third-order valence-electron chi connectivity index (χ3n) is 2.36. The van der Waals surface area contributed by atoms with E-state index in [2.05, 4.69) is 0 Å². The van der Waals surface area contributed by atoms with Crippen LogP contribution in [0.5, 0.6) is 0 Å². The van der Waals surface area contributed by atoms with Crippen molar-refractivity contribution in [1.29, 1.82) is 0 Å². The van der Waals surface area contributed by atoms with E-state index < -0.39 is 0 Å². The maximum Gasteiger partial charge on any atom is 0.0423 e. The summed E-state index contributed by atoms with van der Waals surface area (Å²) >= 11 is 0.753. The lowest BCUT2D eigenvalue weighted by atomic mass is 10.1. The topological polar surface area (TPSA) is 46.2 Å². The molecule has 2 nitrogen and oxygen atoms in total. The van der Waals surface area contributed by atoms with Gasteiger partial charge in [-0.1, -0.05) is 18.2 Å². The Balaban J connectivity index is 2.74. The molecule has 0 aliphatic rings. The van der Waals surface area contributed by atoms with Crippen molar-refractivity contribution < 1.29 is 4.55 Å². The molecule has 2 aromatic rings. The van der Waals surface area contributed by atoms with E-state index in [1.54, 1.807) is 0 Å². The van der Waals surface area contributed by atoms with Gasteiger partial charge in [-0.25, -0.2) is 0 Å². The molecule has 0 amide bonds. The van der Waals surface area contributed by atoms with Gasteiger partial charge < -0.3 is 10.3 Å². The molecule has 0 aromatic heterocycles. The first kappa shape index (κ1) is 9.37. The van der Waals surface area contributed by atoms with Gasteiger partial charge in [0.15, 0.2) is 0 Å². The molecule has 0 aliphatic carbocycles. The summed E-state index contributed by atoms with van der Waals surface area (Å²) < 4.78 is 8.91. The van der Waals surface area contributed by atoms with E-state index in [9.17, 15) is 0 Å². The first-order valence-electron chi connectivity index (χ1n) is 4.32. The highest BCUT2D eigenvalue weighted by molar-refractivity contribution is 7.93. The van der Waals surface area contributed by atoms with Crippen LogP contribution in [-0.2, 0) is 0 Å². The number of hydrogen-bond acceptors (Lipinski definition) is 3. The molecule has 0 aliphatic heterocycles. The number of anilines is 1. The SMILES string of the molecule is Cc1ccc2cc(SO)ccc2c1N. The average Bonchev–Trinajstić information content (AvgIpc) is 2.23. The van der Waals surface area contributed by atoms with E-state index >= 15 is 0 Å². The molecule has 14 heavy (non-hydrogen) atoms. The first-order chi connectivity index (χ1) is 6.72. The number of fused-ring (bicyclic) bond motifs is 1. The molecule has 0 saturated heterocycles. The van der Waals surface area contributed by atoms with E-state index in [0.717, 1.165) is 39.0 Å². The lowest BCUT2D eigenvalue weighted by Crippen LogP contribution is -1.90. The maximum absolute atomic E-state index is 8.91. The Bertz CT molecular complexity index is 482. The number of nitrogens with two attached hydrogens (primary N) is 1. The molecule has 0 spiro atoms. The highest BCUT2D eigenvalue weighted by Crippen LogP contribution is 2.27. The minimum Gasteiger partial charge on any atom is -0.398 e. The van der Waals surface area contributed by atoms with Crippen molar-refractivity contribution in [2.45, 2.75) is 11.8 Å². The second-order valence-corrected chi connectivity index (χ2v) is 3.92. The summed E-state index contributed by atoms with van der Waals surface area (Å²) in [6, 6.07) is 9.74. The zero-order valence-corrected chi connectivity index (χ0v) is 8.64. The molecule has 0 unspecified atom stereocenters. The number of aryl methyl sites for hydroxylation is 1. The fourth-order valence-electron chi connectivity index (χ4n) is 1.50. The van der Waals surface area contributed by atoms with Crippen LogP contribution in [0, 0.1) is 6.92 Å². The van der Waals surface area contributed by atoms with Crippen LogP contribution in [0.25, 0.3) is 10.8 Å². The van der Waals surface area contributed by atoms with Gasteiger partial charge in [-0.2, -0.15) is 0 Å². The van der Waals surface area contributed by atoms with Crippen molar-refractivity contribution in [3.8, 4) is 0 Å². The van der Waals surface area contributed by atoms with Gasteiger partial charge in [-0.15, -0.1) is 0 Å². The second kappa shape index (κ2) is 3.52. The van der Waals surface area contributed by atoms with Gasteiger partial charge in [0, 0.05) is 28.0 Å². The first-order valence-corrected chi connectivity index (χ1v) is 5.10. The summed E-state index contributed by atoms with van der Waals surface area (Å²) in [5.74, 6) is 0. The van der Waals surface area contributed by atoms with Crippen molar-refractivity contribution in [2.75, 3.05) is 5.73 Å². The van der Waals surface area contributed by atoms with Gasteiger partial charge in [0.25, 0.3) is 0 Å². The smallest absolute Gasteiger partial charge is 0.0423 e. The molecular weight excluding hydrogens is 194 g/mol. The van der Waals surface area contributed by atoms with Crippen LogP contribution in [-0.4, -0.2) is 4.55 Å². The number of rotatable bonds is 1. The molecule has 0 heterocycles. The van der Waals surface area contributed by atoms with E-state index in [4.69, 9.17) is 10.3 Å². The summed E-state index contributed by atoms with van der Waals surface area (Å²) in [6.45, 7) is 1.99. The molecule has 0 atom stereocenters. The van der Waals surface area contributed by atoms with Crippen LogP contribution in [0.4, 0.5) is 5.69 Å². The monoisotopic (exact) mass is 205 g/mol. The van der Waals surface area contributed by atoms with Crippen LogP contribution in [0.3, 0.4) is 0 Å². The predicted molar refractivity (Wildman–Crippen MR) is 61.6 cm³/mol. The van der Waals surface area contributed by atoms with Gasteiger partial charge in [-0.3, -0.25) is 0 Å². The fourth-order valence-corrected chi connectivity index (χ4v) is 1.81. The summed E-state index contributed by atoms with van der Waals surface area (Å²) in [6.07, 6.45) is 0. The summed E-state index contributed by atoms with van der Waals surface area (Å²) in [7, 11) is 0. The third kappa shape index (κ3) is 1.45. The van der Waals surface area contributed by atoms with Crippen LogP contribution < -0.4 is 5.73 Å². The Morgan fingerprint density at radius 2 is 2.00 bits per heavy atom. The van der Waals surface area contributed by atoms with E-state index in [1.165, 1.54) is 0 Å². The summed E-state index contributed by atoms with van der Waals surface area (Å²) in [4.78, 5) is 0.834. The Labute approximate surface area is 86.9 Å². The second-order valence-electron chi connectivity index (χ2n) is 3.27. The quantitative estimate of drug-likeness (QED) is 0.554. The molecule has 3 heteroatoms. The average molecular weight is 205 g/mol. The summed E-state index contributed by atoms with van der Waals surface area (Å²) in [5.41, 5.74) is 7.84. The van der Waals surface area contributed by atoms with Gasteiger partial charge in [0.1, 0.15) is 0 Å². The Hall–Kier alpha value is -1.19. The largest absolute Gasteiger partial charge is 0.398 e. The molecule has 2 aromatic carbocycles. The number of hydrogen-bond donors (Lipinski definition) is 2. The standard InChI is InChI=1S/C11H11NOS/c1-7-2-3-8-6-9(14-13)4-5-10(8)11(7)12/h2-6,13H,12H2,1H3. The van der Waals surface area contributed by atoms with E-state index in [0.29, 0.717) is 0 Å². The molecular formula is C11H11NOS. The highest BCUT2D eigenvalue weighted by atomic mass is 32.2. The molecule has 0 fully saturated rings. The lowest BCUT2D eigenvalue weighted by Gasteiger charge is -2.06. The molecule has 72 valence electrons. The fraction of sp³-hybridized carbons (Fsp3) is 0.0909. The van der Waals surface area contributed by atoms with Crippen molar-refractivity contribution in [1.82, 2.24) is 0 Å². The maximum atomic E-state index is 8.91. The zero-order chi connectivity index (χ0) is 10.1. The molecule has 2 rings (SSSR count). The Morgan fingerprint density at radius 3 is 2.71 bits per heavy atom. The minimum absolute atomic E-state index is 0.753. The minimum atomic E-state index is 0.753. The highest BCUT2D eigenvalue weighted by Gasteiger charge is 2.01. The van der Waals surface area contributed by atoms with Crippen LogP contribution in [0.1, 0.15) is 5.56 Å². The third-order valence-corrected chi connectivity index (χ3v) is 2.82. The molecule has 0 bridgehead atoms. The Kier molecular flexibility index (Phi) is 2.35. The molecule has 0 radical (unpaired) electrons. The number of benzene rings is 2. The van der Waals surface area contributed by atoms with Crippen LogP contribution >= 0.6 is 12.0 Å². The van der Waals surface area contributed by atoms with Crippen molar-refractivity contribution in [3.05, 3.63) is 35.9 Å². The van der Waals surface area contributed by atoms with Crippen LogP contribution in [0.2, 0.25) is 0 Å². The van der Waals surface area contributed by atoms with Gasteiger partial charge in [0.2, 0.25) is 0 Å². The number of nitrogen functional groups attached to an aromatic ring is 1. The van der Waals surface area contributed by atoms with Crippen molar-refractivity contribution >= 4 is 28.5 Å². The predicted octanol–water partition coefficient (Wildman–Crippen LogP) is 3.30. The lowest BCUT2D eigenvalue weighted by molar-refractivity contribution is 0.664. The van der Waals surface area contributed by atoms with Crippen LogP contribution in [0.15, 0.2) is 35.2 Å². The normalized spacial score (nSPS) is 10.7. The molecule has 3 N–H and O–H groups in total. The summed E-state index contributed by atoms with van der Waals surface area (Å²) in [5, 5.41) is 2.11. The van der Waals surface area contributed by atoms with E-state index in [-0.39, 0.29) is 0 Å².